The van der Waals surface area contributed by atoms with Crippen molar-refractivity contribution < 1.29 is 0 Å². The Balaban J connectivity index is 1.86. The van der Waals surface area contributed by atoms with Crippen molar-refractivity contribution in [2.45, 2.75) is 20.2 Å². The normalized spacial score (nSPS) is 15.4. The molecular weight excluding hydrogens is 350 g/mol. The summed E-state index contributed by atoms with van der Waals surface area (Å²) in [6, 6.07) is 12.9. The molecule has 0 spiro atoms. The minimum atomic E-state index is 0.311. The Kier molecular flexibility index (Phi) is 6.46. The van der Waals surface area contributed by atoms with Gasteiger partial charge in [0, 0.05) is 36.2 Å². The zero-order valence-corrected chi connectivity index (χ0v) is 16.5. The lowest BCUT2D eigenvalue weighted by Crippen LogP contribution is -2.48. The van der Waals surface area contributed by atoms with Crippen LogP contribution in [0.3, 0.4) is 0 Å². The van der Waals surface area contributed by atoms with Gasteiger partial charge >= 0.3 is 0 Å². The van der Waals surface area contributed by atoms with E-state index in [0.717, 1.165) is 60.2 Å². The Morgan fingerprint density at radius 2 is 1.44 bits per heavy atom. The summed E-state index contributed by atoms with van der Waals surface area (Å²) < 4.78 is 0. The molecule has 0 unspecified atom stereocenters. The van der Waals surface area contributed by atoms with Crippen LogP contribution in [0.5, 0.6) is 0 Å². The second-order valence-corrected chi connectivity index (χ2v) is 7.76. The molecule has 0 radical (unpaired) electrons. The van der Waals surface area contributed by atoms with Gasteiger partial charge in [0.15, 0.2) is 0 Å². The molecule has 0 bridgehead atoms. The molecular formula is C20H25BCl2N2. The van der Waals surface area contributed by atoms with E-state index in [2.05, 4.69) is 46.6 Å². The number of rotatable bonds is 5. The largest absolute Gasteiger partial charge is 0.314 e. The van der Waals surface area contributed by atoms with E-state index < -0.39 is 0 Å². The van der Waals surface area contributed by atoms with Crippen molar-refractivity contribution in [2.75, 3.05) is 32.7 Å². The maximum atomic E-state index is 6.41. The number of benzene rings is 2. The highest BCUT2D eigenvalue weighted by Crippen LogP contribution is 2.16. The summed E-state index contributed by atoms with van der Waals surface area (Å²) >= 11 is 12.8. The molecule has 5 heteroatoms. The van der Waals surface area contributed by atoms with E-state index in [-0.39, 0.29) is 0 Å². The number of nitrogens with one attached hydrogen (secondary N) is 1. The van der Waals surface area contributed by atoms with Crippen LogP contribution in [-0.4, -0.2) is 44.3 Å². The minimum absolute atomic E-state index is 0.311. The van der Waals surface area contributed by atoms with Crippen LogP contribution in [0.4, 0.5) is 0 Å². The Hall–Kier alpha value is -0.995. The van der Waals surface area contributed by atoms with Gasteiger partial charge < -0.3 is 10.2 Å². The lowest BCUT2D eigenvalue weighted by Gasteiger charge is -2.28. The number of piperazine rings is 1. The van der Waals surface area contributed by atoms with E-state index in [4.69, 9.17) is 23.2 Å². The van der Waals surface area contributed by atoms with Gasteiger partial charge in [-0.3, -0.25) is 0 Å². The molecule has 2 nitrogen and oxygen atoms in total. The van der Waals surface area contributed by atoms with Crippen molar-refractivity contribution in [1.82, 2.24) is 10.2 Å². The van der Waals surface area contributed by atoms with Gasteiger partial charge in [-0.15, -0.1) is 0 Å². The third-order valence-corrected chi connectivity index (χ3v) is 5.95. The first-order chi connectivity index (χ1) is 12.0. The zero-order chi connectivity index (χ0) is 17.8. The first-order valence-electron chi connectivity index (χ1n) is 9.00. The Labute approximate surface area is 161 Å². The molecule has 0 aromatic heterocycles. The Bertz CT molecular complexity index is 678. The summed E-state index contributed by atoms with van der Waals surface area (Å²) in [6.07, 6.45) is 1.07. The van der Waals surface area contributed by atoms with Crippen LogP contribution >= 0.6 is 23.2 Å². The maximum absolute atomic E-state index is 6.41. The van der Waals surface area contributed by atoms with Gasteiger partial charge in [-0.05, 0) is 43.7 Å². The van der Waals surface area contributed by atoms with Crippen LogP contribution in [0.1, 0.15) is 11.1 Å². The molecule has 1 saturated heterocycles. The van der Waals surface area contributed by atoms with Gasteiger partial charge in [0.1, 0.15) is 0 Å². The van der Waals surface area contributed by atoms with Crippen LogP contribution in [0, 0.1) is 13.8 Å². The molecule has 2 aromatic carbocycles. The second-order valence-electron chi connectivity index (χ2n) is 6.95. The van der Waals surface area contributed by atoms with Crippen LogP contribution in [0.25, 0.3) is 0 Å². The molecule has 1 aliphatic rings. The van der Waals surface area contributed by atoms with Crippen molar-refractivity contribution in [3.8, 4) is 0 Å². The van der Waals surface area contributed by atoms with E-state index in [1.807, 2.05) is 13.8 Å². The van der Waals surface area contributed by atoms with Gasteiger partial charge in [0.25, 0.3) is 0 Å². The van der Waals surface area contributed by atoms with Crippen molar-refractivity contribution in [3.63, 3.8) is 0 Å². The van der Waals surface area contributed by atoms with Crippen molar-refractivity contribution in [3.05, 3.63) is 57.6 Å². The highest BCUT2D eigenvalue weighted by Gasteiger charge is 2.22. The van der Waals surface area contributed by atoms with Gasteiger partial charge in [0.2, 0.25) is 6.71 Å². The van der Waals surface area contributed by atoms with Crippen LogP contribution < -0.4 is 16.2 Å². The second kappa shape index (κ2) is 8.59. The van der Waals surface area contributed by atoms with Gasteiger partial charge in [0.05, 0.1) is 0 Å². The molecule has 0 aliphatic carbocycles. The Morgan fingerprint density at radius 3 is 1.92 bits per heavy atom. The fourth-order valence-electron chi connectivity index (χ4n) is 3.42. The lowest BCUT2D eigenvalue weighted by atomic mass is 9.38. The van der Waals surface area contributed by atoms with E-state index in [1.165, 1.54) is 10.9 Å². The smallest absolute Gasteiger partial charge is 0.210 e. The molecule has 0 atom stereocenters. The van der Waals surface area contributed by atoms with Crippen molar-refractivity contribution in [1.29, 1.82) is 0 Å². The van der Waals surface area contributed by atoms with Gasteiger partial charge in [-0.2, -0.15) is 0 Å². The lowest BCUT2D eigenvalue weighted by molar-refractivity contribution is 0.253. The standard InChI is InChI=1S/C20H25BCl2N2/c1-15-3-5-17(13-19(15)22)21(7-10-25-11-8-24-9-12-25)18-6-4-16(2)20(23)14-18/h3-6,13-14,24H,7-12H2,1-2H3. The Morgan fingerprint density at radius 1 is 0.920 bits per heavy atom. The molecule has 1 aliphatic heterocycles. The SMILES string of the molecule is Cc1ccc(B(CCN2CCNCC2)c2ccc(C)c(Cl)c2)cc1Cl. The van der Waals surface area contributed by atoms with Gasteiger partial charge in [-0.25, -0.2) is 0 Å². The predicted molar refractivity (Wildman–Crippen MR) is 112 cm³/mol. The summed E-state index contributed by atoms with van der Waals surface area (Å²) in [5.74, 6) is 0. The summed E-state index contributed by atoms with van der Waals surface area (Å²) in [5, 5.41) is 5.09. The summed E-state index contributed by atoms with van der Waals surface area (Å²) in [4.78, 5) is 2.54. The average molecular weight is 375 g/mol. The summed E-state index contributed by atoms with van der Waals surface area (Å²) in [6.45, 7) is 9.89. The van der Waals surface area contributed by atoms with Crippen LogP contribution in [0.2, 0.25) is 16.4 Å². The molecule has 2 aromatic rings. The molecule has 1 N–H and O–H groups in total. The third kappa shape index (κ3) is 4.80. The monoisotopic (exact) mass is 374 g/mol. The quantitative estimate of drug-likeness (QED) is 0.809. The van der Waals surface area contributed by atoms with Gasteiger partial charge in [-0.1, -0.05) is 64.7 Å². The molecule has 132 valence electrons. The molecule has 0 amide bonds. The molecule has 1 fully saturated rings. The van der Waals surface area contributed by atoms with E-state index >= 15 is 0 Å². The fourth-order valence-corrected chi connectivity index (χ4v) is 3.80. The van der Waals surface area contributed by atoms with Crippen molar-refractivity contribution >= 4 is 40.8 Å². The first-order valence-corrected chi connectivity index (χ1v) is 9.75. The zero-order valence-electron chi connectivity index (χ0n) is 15.0. The third-order valence-electron chi connectivity index (χ3n) is 5.14. The molecule has 3 rings (SSSR count). The van der Waals surface area contributed by atoms with Crippen molar-refractivity contribution in [2.24, 2.45) is 0 Å². The van der Waals surface area contributed by atoms with E-state index in [9.17, 15) is 0 Å². The topological polar surface area (TPSA) is 15.3 Å². The number of hydrogen-bond donors (Lipinski definition) is 1. The number of hydrogen-bond acceptors (Lipinski definition) is 2. The highest BCUT2D eigenvalue weighted by atomic mass is 35.5. The fraction of sp³-hybridized carbons (Fsp3) is 0.400. The number of halogens is 2. The average Bonchev–Trinajstić information content (AvgIpc) is 2.62. The van der Waals surface area contributed by atoms with Crippen LogP contribution in [-0.2, 0) is 0 Å². The number of nitrogens with zero attached hydrogens (tertiary/aromatic N) is 1. The number of aryl methyl sites for hydroxylation is 2. The summed E-state index contributed by atoms with van der Waals surface area (Å²) in [7, 11) is 0. The maximum Gasteiger partial charge on any atom is 0.210 e. The summed E-state index contributed by atoms with van der Waals surface area (Å²) in [5.41, 5.74) is 4.78. The minimum Gasteiger partial charge on any atom is -0.314 e. The van der Waals surface area contributed by atoms with E-state index in [1.54, 1.807) is 0 Å². The predicted octanol–water partition coefficient (Wildman–Crippen LogP) is 3.12. The van der Waals surface area contributed by atoms with E-state index in [0.29, 0.717) is 6.71 Å². The first kappa shape index (κ1) is 18.8. The van der Waals surface area contributed by atoms with Crippen LogP contribution in [0.15, 0.2) is 36.4 Å². The highest BCUT2D eigenvalue weighted by molar-refractivity contribution is 6.85. The molecule has 1 heterocycles. The molecule has 0 saturated carbocycles. The molecule has 25 heavy (non-hydrogen) atoms.